The van der Waals surface area contributed by atoms with Crippen molar-refractivity contribution >= 4 is 23.7 Å². The second-order valence-electron chi connectivity index (χ2n) is 3.44. The van der Waals surface area contributed by atoms with Crippen LogP contribution in [0.3, 0.4) is 0 Å². The van der Waals surface area contributed by atoms with Crippen LogP contribution in [0.4, 0.5) is 0 Å². The smallest absolute Gasteiger partial charge is 0.321 e. The van der Waals surface area contributed by atoms with Crippen molar-refractivity contribution in [2.75, 3.05) is 6.61 Å². The molecule has 0 radical (unpaired) electrons. The summed E-state index contributed by atoms with van der Waals surface area (Å²) in [4.78, 5) is 9.82. The number of hydrogen-bond donors (Lipinski definition) is 1. The summed E-state index contributed by atoms with van der Waals surface area (Å²) in [6, 6.07) is 12.8. The summed E-state index contributed by atoms with van der Waals surface area (Å²) in [7, 11) is -3.69. The molecule has 0 aromatic heterocycles. The van der Waals surface area contributed by atoms with Crippen LogP contribution >= 0.6 is 7.60 Å². The Morgan fingerprint density at radius 3 is 2.62 bits per heavy atom. The molecule has 0 aliphatic rings. The molecule has 84 valence electrons. The van der Waals surface area contributed by atoms with Crippen LogP contribution < -0.4 is 5.30 Å². The van der Waals surface area contributed by atoms with E-state index in [0.29, 0.717) is 5.30 Å². The van der Waals surface area contributed by atoms with E-state index in [1.807, 2.05) is 30.3 Å². The Morgan fingerprint density at radius 2 is 1.88 bits per heavy atom. The molecule has 0 aliphatic heterocycles. The van der Waals surface area contributed by atoms with Gasteiger partial charge in [0.15, 0.2) is 0 Å². The summed E-state index contributed by atoms with van der Waals surface area (Å²) in [6.07, 6.45) is 0. The van der Waals surface area contributed by atoms with Crippen molar-refractivity contribution < 1.29 is 14.0 Å². The fourth-order valence-corrected chi connectivity index (χ4v) is 2.97. The van der Waals surface area contributed by atoms with Crippen molar-refractivity contribution in [3.63, 3.8) is 0 Å². The maximum absolute atomic E-state index is 12.0. The van der Waals surface area contributed by atoms with Gasteiger partial charge in [-0.3, -0.25) is 4.57 Å². The van der Waals surface area contributed by atoms with Gasteiger partial charge in [-0.05, 0) is 23.8 Å². The third-order valence-electron chi connectivity index (χ3n) is 2.38. The zero-order chi connectivity index (χ0) is 11.6. The van der Waals surface area contributed by atoms with E-state index in [0.717, 1.165) is 10.8 Å². The monoisotopic (exact) mass is 236 g/mol. The molecule has 1 N–H and O–H groups in total. The summed E-state index contributed by atoms with van der Waals surface area (Å²) in [6.45, 7) is 1.92. The highest BCUT2D eigenvalue weighted by Crippen LogP contribution is 2.42. The highest BCUT2D eigenvalue weighted by atomic mass is 31.2. The number of hydrogen-bond acceptors (Lipinski definition) is 2. The van der Waals surface area contributed by atoms with Gasteiger partial charge in [0, 0.05) is 0 Å². The zero-order valence-corrected chi connectivity index (χ0v) is 9.85. The maximum atomic E-state index is 12.0. The lowest BCUT2D eigenvalue weighted by Gasteiger charge is -2.13. The van der Waals surface area contributed by atoms with Gasteiger partial charge in [0.25, 0.3) is 0 Å². The van der Waals surface area contributed by atoms with Crippen LogP contribution in [-0.4, -0.2) is 11.5 Å². The molecule has 2 aromatic carbocycles. The Kier molecular flexibility index (Phi) is 3.10. The van der Waals surface area contributed by atoms with Gasteiger partial charge in [-0.25, -0.2) is 0 Å². The van der Waals surface area contributed by atoms with Gasteiger partial charge in [-0.15, -0.1) is 0 Å². The molecule has 4 heteroatoms. The normalized spacial score (nSPS) is 14.9. The first kappa shape index (κ1) is 11.3. The molecule has 2 aromatic rings. The van der Waals surface area contributed by atoms with E-state index < -0.39 is 7.60 Å². The maximum Gasteiger partial charge on any atom is 0.359 e. The Labute approximate surface area is 94.2 Å². The molecule has 16 heavy (non-hydrogen) atoms. The molecule has 0 saturated heterocycles. The van der Waals surface area contributed by atoms with Gasteiger partial charge >= 0.3 is 7.60 Å². The van der Waals surface area contributed by atoms with Crippen molar-refractivity contribution in [2.24, 2.45) is 0 Å². The molecule has 3 nitrogen and oxygen atoms in total. The number of rotatable bonds is 3. The molecular formula is C12H13O3P. The van der Waals surface area contributed by atoms with Crippen LogP contribution in [-0.2, 0) is 9.09 Å². The van der Waals surface area contributed by atoms with E-state index >= 15 is 0 Å². The van der Waals surface area contributed by atoms with Crippen LogP contribution in [0.25, 0.3) is 10.8 Å². The summed E-state index contributed by atoms with van der Waals surface area (Å²) in [5.74, 6) is 0. The molecular weight excluding hydrogens is 223 g/mol. The average Bonchev–Trinajstić information content (AvgIpc) is 2.28. The molecule has 0 amide bonds. The van der Waals surface area contributed by atoms with Crippen molar-refractivity contribution in [2.45, 2.75) is 6.92 Å². The Hall–Kier alpha value is -1.15. The highest BCUT2D eigenvalue weighted by molar-refractivity contribution is 7.61. The van der Waals surface area contributed by atoms with E-state index in [1.54, 1.807) is 19.1 Å². The summed E-state index contributed by atoms with van der Waals surface area (Å²) in [5, 5.41) is 2.07. The van der Waals surface area contributed by atoms with Crippen molar-refractivity contribution in [3.05, 3.63) is 42.5 Å². The van der Waals surface area contributed by atoms with Crippen LogP contribution in [0.15, 0.2) is 42.5 Å². The minimum absolute atomic E-state index is 0.219. The average molecular weight is 236 g/mol. The second kappa shape index (κ2) is 4.38. The molecule has 0 saturated carbocycles. The van der Waals surface area contributed by atoms with Gasteiger partial charge < -0.3 is 9.42 Å². The molecule has 1 unspecified atom stereocenters. The van der Waals surface area contributed by atoms with E-state index in [2.05, 4.69) is 0 Å². The van der Waals surface area contributed by atoms with Gasteiger partial charge in [-0.2, -0.15) is 0 Å². The number of benzene rings is 2. The summed E-state index contributed by atoms with van der Waals surface area (Å²) >= 11 is 0. The molecule has 1 atom stereocenters. The molecule has 0 bridgehead atoms. The van der Waals surface area contributed by atoms with E-state index in [4.69, 9.17) is 4.52 Å². The van der Waals surface area contributed by atoms with Gasteiger partial charge in [-0.1, -0.05) is 36.4 Å². The second-order valence-corrected chi connectivity index (χ2v) is 5.22. The van der Waals surface area contributed by atoms with Crippen LogP contribution in [0.2, 0.25) is 0 Å². The van der Waals surface area contributed by atoms with Gasteiger partial charge in [0.05, 0.1) is 11.9 Å². The standard InChI is InChI=1S/C12H13O3P/c1-2-15-16(13,14)12-9-5-7-10-6-3-4-8-11(10)12/h3-9H,2H2,1H3,(H,13,14). The zero-order valence-electron chi connectivity index (χ0n) is 8.96. The third-order valence-corrected chi connectivity index (χ3v) is 3.98. The predicted octanol–water partition coefficient (Wildman–Crippen LogP) is 2.69. The Morgan fingerprint density at radius 1 is 1.19 bits per heavy atom. The van der Waals surface area contributed by atoms with Gasteiger partial charge in [0.1, 0.15) is 0 Å². The quantitative estimate of drug-likeness (QED) is 0.833. The fraction of sp³-hybridized carbons (Fsp3) is 0.167. The first-order valence-electron chi connectivity index (χ1n) is 5.11. The third kappa shape index (κ3) is 2.03. The fourth-order valence-electron chi connectivity index (χ4n) is 1.70. The predicted molar refractivity (Wildman–Crippen MR) is 65.0 cm³/mol. The van der Waals surface area contributed by atoms with Crippen molar-refractivity contribution in [1.29, 1.82) is 0 Å². The molecule has 2 rings (SSSR count). The van der Waals surface area contributed by atoms with Gasteiger partial charge in [0.2, 0.25) is 0 Å². The minimum atomic E-state index is -3.69. The minimum Gasteiger partial charge on any atom is -0.321 e. The summed E-state index contributed by atoms with van der Waals surface area (Å²) in [5.41, 5.74) is 0. The lowest BCUT2D eigenvalue weighted by atomic mass is 10.1. The first-order chi connectivity index (χ1) is 7.65. The lowest BCUT2D eigenvalue weighted by Crippen LogP contribution is -2.08. The molecule has 0 heterocycles. The molecule has 0 aliphatic carbocycles. The van der Waals surface area contributed by atoms with E-state index in [9.17, 15) is 9.46 Å². The summed E-state index contributed by atoms with van der Waals surface area (Å²) < 4.78 is 16.9. The largest absolute Gasteiger partial charge is 0.359 e. The lowest BCUT2D eigenvalue weighted by molar-refractivity contribution is 0.284. The Balaban J connectivity index is 2.65. The highest BCUT2D eigenvalue weighted by Gasteiger charge is 2.23. The Bertz CT molecular complexity index is 545. The SMILES string of the molecule is CCOP(=O)(O)c1cccc2ccccc12. The van der Waals surface area contributed by atoms with Crippen molar-refractivity contribution in [1.82, 2.24) is 0 Å². The number of fused-ring (bicyclic) bond motifs is 1. The van der Waals surface area contributed by atoms with E-state index in [-0.39, 0.29) is 6.61 Å². The van der Waals surface area contributed by atoms with Crippen LogP contribution in [0.5, 0.6) is 0 Å². The first-order valence-corrected chi connectivity index (χ1v) is 6.68. The molecule has 0 fully saturated rings. The molecule has 0 spiro atoms. The van der Waals surface area contributed by atoms with Crippen LogP contribution in [0, 0.1) is 0 Å². The van der Waals surface area contributed by atoms with Crippen LogP contribution in [0.1, 0.15) is 6.92 Å². The van der Waals surface area contributed by atoms with E-state index in [1.165, 1.54) is 0 Å². The topological polar surface area (TPSA) is 46.5 Å². The van der Waals surface area contributed by atoms with Crippen molar-refractivity contribution in [3.8, 4) is 0 Å².